The van der Waals surface area contributed by atoms with Gasteiger partial charge in [-0.15, -0.1) is 0 Å². The van der Waals surface area contributed by atoms with Crippen molar-refractivity contribution in [3.05, 3.63) is 0 Å². The monoisotopic (exact) mass is 211 g/mol. The lowest BCUT2D eigenvalue weighted by atomic mass is 9.63. The van der Waals surface area contributed by atoms with Crippen LogP contribution in [0.2, 0.25) is 0 Å². The van der Waals surface area contributed by atoms with Gasteiger partial charge < -0.3 is 5.21 Å². The van der Waals surface area contributed by atoms with Crippen LogP contribution < -0.4 is 0 Å². The summed E-state index contributed by atoms with van der Waals surface area (Å²) in [5.74, 6) is 1.92. The van der Waals surface area contributed by atoms with Crippen LogP contribution >= 0.6 is 0 Å². The molecule has 0 spiro atoms. The summed E-state index contributed by atoms with van der Waals surface area (Å²) >= 11 is 0. The highest BCUT2D eigenvalue weighted by molar-refractivity contribution is 5.86. The third-order valence-corrected chi connectivity index (χ3v) is 4.62. The maximum atomic E-state index is 8.85. The molecule has 1 N–H and O–H groups in total. The predicted molar refractivity (Wildman–Crippen MR) is 64.3 cm³/mol. The lowest BCUT2D eigenvalue weighted by Crippen LogP contribution is -2.35. The van der Waals surface area contributed by atoms with Gasteiger partial charge in [0.25, 0.3) is 0 Å². The van der Waals surface area contributed by atoms with E-state index >= 15 is 0 Å². The molecule has 1 aliphatic carbocycles. The fraction of sp³-hybridized carbons (Fsp3) is 0.923. The van der Waals surface area contributed by atoms with E-state index in [0.29, 0.717) is 17.3 Å². The Morgan fingerprint density at radius 3 is 2.40 bits per heavy atom. The molecule has 2 unspecified atom stereocenters. The van der Waals surface area contributed by atoms with Crippen LogP contribution in [0.25, 0.3) is 0 Å². The van der Waals surface area contributed by atoms with E-state index in [0.717, 1.165) is 18.1 Å². The summed E-state index contributed by atoms with van der Waals surface area (Å²) in [6.07, 6.45) is 3.32. The zero-order valence-electron chi connectivity index (χ0n) is 10.7. The van der Waals surface area contributed by atoms with Crippen molar-refractivity contribution in [3.63, 3.8) is 0 Å². The summed E-state index contributed by atoms with van der Waals surface area (Å²) in [6.45, 7) is 11.5. The van der Waals surface area contributed by atoms with Crippen LogP contribution in [0.4, 0.5) is 0 Å². The Morgan fingerprint density at radius 1 is 1.40 bits per heavy atom. The summed E-state index contributed by atoms with van der Waals surface area (Å²) in [5, 5.41) is 12.3. The summed E-state index contributed by atoms with van der Waals surface area (Å²) in [6, 6.07) is 0. The van der Waals surface area contributed by atoms with Crippen molar-refractivity contribution in [2.24, 2.45) is 28.3 Å². The van der Waals surface area contributed by atoms with Gasteiger partial charge in [0.1, 0.15) is 0 Å². The van der Waals surface area contributed by atoms with E-state index in [1.54, 1.807) is 0 Å². The molecule has 15 heavy (non-hydrogen) atoms. The van der Waals surface area contributed by atoms with E-state index in [4.69, 9.17) is 5.21 Å². The van der Waals surface area contributed by atoms with Crippen molar-refractivity contribution in [1.29, 1.82) is 0 Å². The number of rotatable bonds is 2. The molecule has 2 heteroatoms. The van der Waals surface area contributed by atoms with Gasteiger partial charge >= 0.3 is 0 Å². The van der Waals surface area contributed by atoms with Gasteiger partial charge in [-0.2, -0.15) is 0 Å². The molecule has 0 radical (unpaired) electrons. The molecule has 0 aromatic rings. The fourth-order valence-corrected chi connectivity index (χ4v) is 2.54. The van der Waals surface area contributed by atoms with E-state index in [1.807, 2.05) is 0 Å². The Labute approximate surface area is 93.8 Å². The van der Waals surface area contributed by atoms with Gasteiger partial charge in [-0.25, -0.2) is 0 Å². The minimum absolute atomic E-state index is 0.398. The van der Waals surface area contributed by atoms with Gasteiger partial charge in [-0.3, -0.25) is 0 Å². The minimum atomic E-state index is 0.398. The zero-order valence-corrected chi connectivity index (χ0v) is 10.7. The fourth-order valence-electron chi connectivity index (χ4n) is 2.54. The van der Waals surface area contributed by atoms with E-state index in [2.05, 4.69) is 39.8 Å². The van der Waals surface area contributed by atoms with Crippen LogP contribution in [0.1, 0.15) is 53.9 Å². The standard InChI is InChI=1S/C13H25NO/c1-9(2)13(4,5)11-6-7-12(14-15)10(3)8-11/h9-11,15H,6-8H2,1-5H3/b14-12+. The second kappa shape index (κ2) is 4.54. The highest BCUT2D eigenvalue weighted by Gasteiger charge is 2.36. The molecule has 0 aliphatic heterocycles. The van der Waals surface area contributed by atoms with Gasteiger partial charge in [0.15, 0.2) is 0 Å². The molecular weight excluding hydrogens is 186 g/mol. The molecule has 2 nitrogen and oxygen atoms in total. The van der Waals surface area contributed by atoms with Crippen molar-refractivity contribution >= 4 is 5.71 Å². The lowest BCUT2D eigenvalue weighted by molar-refractivity contribution is 0.107. The quantitative estimate of drug-likeness (QED) is 0.544. The Kier molecular flexibility index (Phi) is 3.80. The van der Waals surface area contributed by atoms with Gasteiger partial charge in [0, 0.05) is 0 Å². The van der Waals surface area contributed by atoms with Crippen molar-refractivity contribution < 1.29 is 5.21 Å². The van der Waals surface area contributed by atoms with E-state index in [9.17, 15) is 0 Å². The van der Waals surface area contributed by atoms with Crippen LogP contribution in [-0.2, 0) is 0 Å². The van der Waals surface area contributed by atoms with Crippen LogP contribution in [0, 0.1) is 23.2 Å². The molecule has 1 rings (SSSR count). The largest absolute Gasteiger partial charge is 0.411 e. The molecule has 2 atom stereocenters. The van der Waals surface area contributed by atoms with Crippen molar-refractivity contribution in [2.75, 3.05) is 0 Å². The molecule has 0 aromatic heterocycles. The third-order valence-electron chi connectivity index (χ3n) is 4.62. The average Bonchev–Trinajstić information content (AvgIpc) is 2.17. The molecule has 0 aromatic carbocycles. The molecule has 1 fully saturated rings. The van der Waals surface area contributed by atoms with Crippen LogP contribution in [0.3, 0.4) is 0 Å². The van der Waals surface area contributed by atoms with Gasteiger partial charge in [0.2, 0.25) is 0 Å². The molecule has 1 aliphatic rings. The van der Waals surface area contributed by atoms with E-state index in [-0.39, 0.29) is 0 Å². The third kappa shape index (κ3) is 2.53. The molecule has 1 saturated carbocycles. The highest BCUT2D eigenvalue weighted by Crippen LogP contribution is 2.43. The van der Waals surface area contributed by atoms with E-state index in [1.165, 1.54) is 12.8 Å². The number of oxime groups is 1. The topological polar surface area (TPSA) is 32.6 Å². The highest BCUT2D eigenvalue weighted by atomic mass is 16.4. The Balaban J connectivity index is 2.69. The maximum absolute atomic E-state index is 8.85. The second-order valence-corrected chi connectivity index (χ2v) is 5.94. The Morgan fingerprint density at radius 2 is 2.00 bits per heavy atom. The normalized spacial score (nSPS) is 31.2. The number of hydrogen-bond donors (Lipinski definition) is 1. The number of nitrogens with zero attached hydrogens (tertiary/aromatic N) is 1. The minimum Gasteiger partial charge on any atom is -0.411 e. The smallest absolute Gasteiger partial charge is 0.0599 e. The van der Waals surface area contributed by atoms with Gasteiger partial charge in [0.05, 0.1) is 5.71 Å². The second-order valence-electron chi connectivity index (χ2n) is 5.94. The summed E-state index contributed by atoms with van der Waals surface area (Å²) in [5.41, 5.74) is 1.39. The summed E-state index contributed by atoms with van der Waals surface area (Å²) in [4.78, 5) is 0. The first-order chi connectivity index (χ1) is 6.89. The first kappa shape index (κ1) is 12.5. The predicted octanol–water partition coefficient (Wildman–Crippen LogP) is 3.94. The molecule has 88 valence electrons. The lowest BCUT2D eigenvalue weighted by Gasteiger charge is -2.42. The van der Waals surface area contributed by atoms with Gasteiger partial charge in [-0.05, 0) is 42.4 Å². The van der Waals surface area contributed by atoms with Crippen molar-refractivity contribution in [2.45, 2.75) is 53.9 Å². The maximum Gasteiger partial charge on any atom is 0.0599 e. The summed E-state index contributed by atoms with van der Waals surface area (Å²) < 4.78 is 0. The van der Waals surface area contributed by atoms with E-state index < -0.39 is 0 Å². The van der Waals surface area contributed by atoms with Crippen LogP contribution in [0.15, 0.2) is 5.16 Å². The molecule has 0 heterocycles. The molecule has 0 saturated heterocycles. The molecule has 0 bridgehead atoms. The first-order valence-corrected chi connectivity index (χ1v) is 6.10. The van der Waals surface area contributed by atoms with Crippen LogP contribution in [0.5, 0.6) is 0 Å². The number of hydrogen-bond acceptors (Lipinski definition) is 2. The van der Waals surface area contributed by atoms with Crippen molar-refractivity contribution in [3.8, 4) is 0 Å². The zero-order chi connectivity index (χ0) is 11.6. The Hall–Kier alpha value is -0.530. The van der Waals surface area contributed by atoms with Gasteiger partial charge in [-0.1, -0.05) is 39.8 Å². The summed E-state index contributed by atoms with van der Waals surface area (Å²) in [7, 11) is 0. The Bertz CT molecular complexity index is 243. The van der Waals surface area contributed by atoms with Crippen LogP contribution in [-0.4, -0.2) is 10.9 Å². The molecule has 0 amide bonds. The molecular formula is C13H25NO. The SMILES string of the molecule is CC1CC(C(C)(C)C(C)C)CC/C1=N\O. The first-order valence-electron chi connectivity index (χ1n) is 6.10. The van der Waals surface area contributed by atoms with Crippen molar-refractivity contribution in [1.82, 2.24) is 0 Å². The average molecular weight is 211 g/mol.